The molecule has 0 spiro atoms. The SMILES string of the molecule is CN1CCC(N(C)Cc2ccc(CNC3CC3)cc2)CC1. The van der Waals surface area contributed by atoms with Gasteiger partial charge in [-0.05, 0) is 64.0 Å². The minimum atomic E-state index is 0.748. The average Bonchev–Trinajstić information content (AvgIpc) is 3.31. The standard InChI is InChI=1S/C18H29N3/c1-20-11-9-18(10-12-20)21(2)14-16-5-3-15(4-6-16)13-19-17-7-8-17/h3-6,17-19H,7-14H2,1-2H3. The van der Waals surface area contributed by atoms with E-state index in [1.807, 2.05) is 0 Å². The van der Waals surface area contributed by atoms with Crippen LogP contribution < -0.4 is 5.32 Å². The van der Waals surface area contributed by atoms with E-state index >= 15 is 0 Å². The fourth-order valence-corrected chi connectivity index (χ4v) is 3.16. The molecule has 21 heavy (non-hydrogen) atoms. The molecule has 1 saturated carbocycles. The van der Waals surface area contributed by atoms with Gasteiger partial charge in [0.1, 0.15) is 0 Å². The Morgan fingerprint density at radius 2 is 1.67 bits per heavy atom. The summed E-state index contributed by atoms with van der Waals surface area (Å²) in [7, 11) is 4.50. The first-order valence-electron chi connectivity index (χ1n) is 8.41. The average molecular weight is 287 g/mol. The maximum absolute atomic E-state index is 3.57. The minimum Gasteiger partial charge on any atom is -0.310 e. The Labute approximate surface area is 129 Å². The van der Waals surface area contributed by atoms with Gasteiger partial charge < -0.3 is 10.2 Å². The van der Waals surface area contributed by atoms with Gasteiger partial charge in [0.05, 0.1) is 0 Å². The summed E-state index contributed by atoms with van der Waals surface area (Å²) in [4.78, 5) is 4.97. The molecular weight excluding hydrogens is 258 g/mol. The second-order valence-corrected chi connectivity index (χ2v) is 6.92. The Kier molecular flexibility index (Phi) is 4.94. The zero-order valence-electron chi connectivity index (χ0n) is 13.5. The van der Waals surface area contributed by atoms with Crippen LogP contribution in [0.4, 0.5) is 0 Å². The Morgan fingerprint density at radius 3 is 2.29 bits per heavy atom. The molecule has 116 valence electrons. The first kappa shape index (κ1) is 15.0. The highest BCUT2D eigenvalue weighted by Gasteiger charge is 2.21. The predicted molar refractivity (Wildman–Crippen MR) is 88.3 cm³/mol. The summed E-state index contributed by atoms with van der Waals surface area (Å²) in [6, 6.07) is 10.7. The number of hydrogen-bond donors (Lipinski definition) is 1. The molecule has 1 aliphatic carbocycles. The number of benzene rings is 1. The third kappa shape index (κ3) is 4.53. The number of nitrogens with zero attached hydrogens (tertiary/aromatic N) is 2. The van der Waals surface area contributed by atoms with E-state index < -0.39 is 0 Å². The van der Waals surface area contributed by atoms with Crippen molar-refractivity contribution in [1.82, 2.24) is 15.1 Å². The molecule has 1 heterocycles. The lowest BCUT2D eigenvalue weighted by molar-refractivity contribution is 0.139. The molecule has 2 fully saturated rings. The van der Waals surface area contributed by atoms with Gasteiger partial charge in [0.25, 0.3) is 0 Å². The van der Waals surface area contributed by atoms with Crippen LogP contribution in [0.15, 0.2) is 24.3 Å². The van der Waals surface area contributed by atoms with E-state index in [4.69, 9.17) is 0 Å². The molecule has 3 rings (SSSR count). The van der Waals surface area contributed by atoms with Gasteiger partial charge in [-0.15, -0.1) is 0 Å². The molecule has 1 aromatic rings. The first-order valence-corrected chi connectivity index (χ1v) is 8.41. The number of likely N-dealkylation sites (tertiary alicyclic amines) is 1. The van der Waals surface area contributed by atoms with E-state index in [1.54, 1.807) is 0 Å². The number of hydrogen-bond acceptors (Lipinski definition) is 3. The molecule has 1 aromatic carbocycles. The summed E-state index contributed by atoms with van der Waals surface area (Å²) in [5, 5.41) is 3.57. The summed E-state index contributed by atoms with van der Waals surface area (Å²) in [5.41, 5.74) is 2.85. The third-order valence-corrected chi connectivity index (χ3v) is 4.94. The van der Waals surface area contributed by atoms with Crippen molar-refractivity contribution in [2.45, 2.75) is 50.9 Å². The largest absolute Gasteiger partial charge is 0.310 e. The van der Waals surface area contributed by atoms with Crippen LogP contribution in [-0.4, -0.2) is 49.1 Å². The molecule has 0 aromatic heterocycles. The van der Waals surface area contributed by atoms with Crippen LogP contribution in [-0.2, 0) is 13.1 Å². The zero-order valence-corrected chi connectivity index (χ0v) is 13.5. The van der Waals surface area contributed by atoms with Gasteiger partial charge in [-0.2, -0.15) is 0 Å². The van der Waals surface area contributed by atoms with Crippen LogP contribution in [0, 0.1) is 0 Å². The van der Waals surface area contributed by atoms with Gasteiger partial charge >= 0.3 is 0 Å². The van der Waals surface area contributed by atoms with Crippen LogP contribution in [0.5, 0.6) is 0 Å². The fourth-order valence-electron chi connectivity index (χ4n) is 3.16. The van der Waals surface area contributed by atoms with Gasteiger partial charge in [-0.1, -0.05) is 24.3 Å². The van der Waals surface area contributed by atoms with Gasteiger partial charge in [-0.25, -0.2) is 0 Å². The van der Waals surface area contributed by atoms with Crippen LogP contribution in [0.3, 0.4) is 0 Å². The van der Waals surface area contributed by atoms with E-state index in [1.165, 1.54) is 49.9 Å². The highest BCUT2D eigenvalue weighted by molar-refractivity contribution is 5.22. The Hall–Kier alpha value is -0.900. The van der Waals surface area contributed by atoms with Gasteiger partial charge in [0, 0.05) is 25.2 Å². The van der Waals surface area contributed by atoms with Gasteiger partial charge in [0.2, 0.25) is 0 Å². The summed E-state index contributed by atoms with van der Waals surface area (Å²) < 4.78 is 0. The number of piperidine rings is 1. The lowest BCUT2D eigenvalue weighted by Crippen LogP contribution is -2.41. The van der Waals surface area contributed by atoms with E-state index in [0.717, 1.165) is 25.2 Å². The van der Waals surface area contributed by atoms with Crippen LogP contribution >= 0.6 is 0 Å². The Morgan fingerprint density at radius 1 is 1.05 bits per heavy atom. The molecule has 1 aliphatic heterocycles. The zero-order chi connectivity index (χ0) is 14.7. The molecule has 2 aliphatic rings. The van der Waals surface area contributed by atoms with E-state index in [0.29, 0.717) is 0 Å². The van der Waals surface area contributed by atoms with Crippen molar-refractivity contribution in [3.8, 4) is 0 Å². The van der Waals surface area contributed by atoms with E-state index in [2.05, 4.69) is 53.5 Å². The number of rotatable bonds is 6. The smallest absolute Gasteiger partial charge is 0.0233 e. The van der Waals surface area contributed by atoms with Crippen molar-refractivity contribution < 1.29 is 0 Å². The molecule has 1 saturated heterocycles. The summed E-state index contributed by atoms with van der Waals surface area (Å²) in [5.74, 6) is 0. The molecule has 0 atom stereocenters. The molecule has 0 unspecified atom stereocenters. The predicted octanol–water partition coefficient (Wildman–Crippen LogP) is 2.46. The molecule has 0 amide bonds. The monoisotopic (exact) mass is 287 g/mol. The van der Waals surface area contributed by atoms with Gasteiger partial charge in [-0.3, -0.25) is 4.90 Å². The highest BCUT2D eigenvalue weighted by Crippen LogP contribution is 2.20. The first-order chi connectivity index (χ1) is 10.2. The Bertz CT molecular complexity index is 430. The summed E-state index contributed by atoms with van der Waals surface area (Å²) in [6.45, 7) is 4.57. The third-order valence-electron chi connectivity index (χ3n) is 4.94. The molecular formula is C18H29N3. The summed E-state index contributed by atoms with van der Waals surface area (Å²) >= 11 is 0. The van der Waals surface area contributed by atoms with Crippen molar-refractivity contribution >= 4 is 0 Å². The minimum absolute atomic E-state index is 0.748. The normalized spacial score (nSPS) is 21.1. The maximum atomic E-state index is 3.57. The topological polar surface area (TPSA) is 18.5 Å². The fraction of sp³-hybridized carbons (Fsp3) is 0.667. The molecule has 0 bridgehead atoms. The maximum Gasteiger partial charge on any atom is 0.0233 e. The van der Waals surface area contributed by atoms with E-state index in [9.17, 15) is 0 Å². The van der Waals surface area contributed by atoms with Gasteiger partial charge in [0.15, 0.2) is 0 Å². The summed E-state index contributed by atoms with van der Waals surface area (Å²) in [6.07, 6.45) is 5.33. The van der Waals surface area contributed by atoms with Crippen LogP contribution in [0.2, 0.25) is 0 Å². The van der Waals surface area contributed by atoms with Crippen molar-refractivity contribution in [3.05, 3.63) is 35.4 Å². The van der Waals surface area contributed by atoms with E-state index in [-0.39, 0.29) is 0 Å². The second kappa shape index (κ2) is 6.91. The Balaban J connectivity index is 1.47. The number of nitrogens with one attached hydrogen (secondary N) is 1. The lowest BCUT2D eigenvalue weighted by Gasteiger charge is -2.35. The van der Waals surface area contributed by atoms with Crippen molar-refractivity contribution in [1.29, 1.82) is 0 Å². The highest BCUT2D eigenvalue weighted by atomic mass is 15.2. The molecule has 0 radical (unpaired) electrons. The quantitative estimate of drug-likeness (QED) is 0.867. The molecule has 1 N–H and O–H groups in total. The van der Waals surface area contributed by atoms with Crippen molar-refractivity contribution in [3.63, 3.8) is 0 Å². The molecule has 3 nitrogen and oxygen atoms in total. The van der Waals surface area contributed by atoms with Crippen LogP contribution in [0.1, 0.15) is 36.8 Å². The van der Waals surface area contributed by atoms with Crippen molar-refractivity contribution in [2.24, 2.45) is 0 Å². The van der Waals surface area contributed by atoms with Crippen LogP contribution in [0.25, 0.3) is 0 Å². The lowest BCUT2D eigenvalue weighted by atomic mass is 10.0. The second-order valence-electron chi connectivity index (χ2n) is 6.92. The molecule has 3 heteroatoms. The van der Waals surface area contributed by atoms with Crippen molar-refractivity contribution in [2.75, 3.05) is 27.2 Å².